The molecule has 21 heavy (non-hydrogen) atoms. The van der Waals surface area contributed by atoms with E-state index in [2.05, 4.69) is 9.97 Å². The van der Waals surface area contributed by atoms with Crippen molar-refractivity contribution in [1.29, 1.82) is 0 Å². The molecule has 0 saturated heterocycles. The molecule has 0 aliphatic carbocycles. The molecule has 2 rings (SSSR count). The second kappa shape index (κ2) is 5.93. The van der Waals surface area contributed by atoms with Crippen LogP contribution in [0.15, 0.2) is 29.4 Å². The molecule has 0 radical (unpaired) electrons. The van der Waals surface area contributed by atoms with Crippen molar-refractivity contribution >= 4 is 17.6 Å². The molecule has 1 aromatic heterocycles. The van der Waals surface area contributed by atoms with Gasteiger partial charge in [0.2, 0.25) is 0 Å². The van der Waals surface area contributed by atoms with Crippen LogP contribution in [0.3, 0.4) is 0 Å². The number of anilines is 1. The third-order valence-electron chi connectivity index (χ3n) is 3.02. The van der Waals surface area contributed by atoms with Gasteiger partial charge in [-0.3, -0.25) is 0 Å². The molecule has 0 unspecified atom stereocenters. The molecule has 0 fully saturated rings. The van der Waals surface area contributed by atoms with Gasteiger partial charge in [-0.2, -0.15) is 13.2 Å². The molecule has 0 aliphatic heterocycles. The Bertz CT molecular complexity index is 656. The number of halogens is 3. The molecule has 0 amide bonds. The summed E-state index contributed by atoms with van der Waals surface area (Å²) in [6.45, 7) is 1.87. The van der Waals surface area contributed by atoms with E-state index in [1.807, 2.05) is 6.92 Å². The lowest BCUT2D eigenvalue weighted by molar-refractivity contribution is -0.137. The highest BCUT2D eigenvalue weighted by molar-refractivity contribution is 7.98. The summed E-state index contributed by atoms with van der Waals surface area (Å²) < 4.78 is 38.5. The first kappa shape index (κ1) is 15.6. The highest BCUT2D eigenvalue weighted by atomic mass is 32.2. The van der Waals surface area contributed by atoms with Gasteiger partial charge < -0.3 is 5.73 Å². The van der Waals surface area contributed by atoms with E-state index < -0.39 is 11.7 Å². The van der Waals surface area contributed by atoms with Crippen molar-refractivity contribution in [3.63, 3.8) is 0 Å². The lowest BCUT2D eigenvalue weighted by Gasteiger charge is -2.13. The molecule has 2 aromatic rings. The lowest BCUT2D eigenvalue weighted by Crippen LogP contribution is -2.07. The standard InChI is InChI=1S/C14H14F3N3S/c1-3-10-11(19-13(21-2)20-12(10)18)8-5-4-6-9(7-8)14(15,16)17/h4-7H,3H2,1-2H3,(H2,18,19,20). The topological polar surface area (TPSA) is 51.8 Å². The minimum Gasteiger partial charge on any atom is -0.383 e. The molecule has 0 aliphatic rings. The molecule has 0 saturated carbocycles. The second-order valence-electron chi connectivity index (χ2n) is 4.35. The number of nitrogens with two attached hydrogens (primary N) is 1. The number of benzene rings is 1. The van der Waals surface area contributed by atoms with Crippen LogP contribution >= 0.6 is 11.8 Å². The zero-order chi connectivity index (χ0) is 15.6. The average molecular weight is 313 g/mol. The van der Waals surface area contributed by atoms with Crippen molar-refractivity contribution in [3.8, 4) is 11.3 Å². The van der Waals surface area contributed by atoms with Crippen molar-refractivity contribution < 1.29 is 13.2 Å². The summed E-state index contributed by atoms with van der Waals surface area (Å²) in [5.74, 6) is 0.310. The number of rotatable bonds is 3. The van der Waals surface area contributed by atoms with Crippen LogP contribution in [0.5, 0.6) is 0 Å². The molecular weight excluding hydrogens is 299 g/mol. The minimum atomic E-state index is -4.39. The van der Waals surface area contributed by atoms with Gasteiger partial charge in [0.25, 0.3) is 0 Å². The van der Waals surface area contributed by atoms with Crippen LogP contribution in [-0.2, 0) is 12.6 Å². The maximum absolute atomic E-state index is 12.8. The van der Waals surface area contributed by atoms with E-state index in [4.69, 9.17) is 5.73 Å². The first-order valence-electron chi connectivity index (χ1n) is 6.24. The minimum absolute atomic E-state index is 0.310. The summed E-state index contributed by atoms with van der Waals surface area (Å²) >= 11 is 1.30. The van der Waals surface area contributed by atoms with Gasteiger partial charge in [-0.25, -0.2) is 9.97 Å². The number of nitrogens with zero attached hydrogens (tertiary/aromatic N) is 2. The normalized spacial score (nSPS) is 11.7. The zero-order valence-corrected chi connectivity index (χ0v) is 12.3. The highest BCUT2D eigenvalue weighted by Gasteiger charge is 2.30. The van der Waals surface area contributed by atoms with E-state index in [1.165, 1.54) is 17.8 Å². The van der Waals surface area contributed by atoms with Crippen LogP contribution in [-0.4, -0.2) is 16.2 Å². The number of hydrogen-bond donors (Lipinski definition) is 1. The molecule has 1 aromatic carbocycles. The Labute approximate surface area is 124 Å². The number of thioether (sulfide) groups is 1. The van der Waals surface area contributed by atoms with Crippen LogP contribution < -0.4 is 5.73 Å². The second-order valence-corrected chi connectivity index (χ2v) is 5.13. The van der Waals surface area contributed by atoms with Crippen LogP contribution in [0.4, 0.5) is 19.0 Å². The van der Waals surface area contributed by atoms with Gasteiger partial charge in [-0.1, -0.05) is 30.8 Å². The van der Waals surface area contributed by atoms with Gasteiger partial charge in [-0.05, 0) is 24.8 Å². The number of nitrogen functional groups attached to an aromatic ring is 1. The van der Waals surface area contributed by atoms with Gasteiger partial charge >= 0.3 is 6.18 Å². The fraction of sp³-hybridized carbons (Fsp3) is 0.286. The van der Waals surface area contributed by atoms with Crippen molar-refractivity contribution in [1.82, 2.24) is 9.97 Å². The van der Waals surface area contributed by atoms with E-state index >= 15 is 0 Å². The summed E-state index contributed by atoms with van der Waals surface area (Å²) in [5, 5.41) is 0.442. The maximum Gasteiger partial charge on any atom is 0.416 e. The molecule has 112 valence electrons. The van der Waals surface area contributed by atoms with Gasteiger partial charge in [-0.15, -0.1) is 0 Å². The predicted molar refractivity (Wildman–Crippen MR) is 78.0 cm³/mol. The monoisotopic (exact) mass is 313 g/mol. The number of aromatic nitrogens is 2. The Morgan fingerprint density at radius 3 is 2.52 bits per heavy atom. The lowest BCUT2D eigenvalue weighted by atomic mass is 10.0. The summed E-state index contributed by atoms with van der Waals surface area (Å²) in [6.07, 6.45) is -2.05. The third kappa shape index (κ3) is 3.29. The Balaban J connectivity index is 2.63. The summed E-state index contributed by atoms with van der Waals surface area (Å²) in [4.78, 5) is 8.45. The van der Waals surface area contributed by atoms with Crippen molar-refractivity contribution in [2.75, 3.05) is 12.0 Å². The van der Waals surface area contributed by atoms with Crippen molar-refractivity contribution in [2.24, 2.45) is 0 Å². The van der Waals surface area contributed by atoms with Crippen LogP contribution in [0.2, 0.25) is 0 Å². The van der Waals surface area contributed by atoms with E-state index in [1.54, 1.807) is 12.3 Å². The molecule has 1 heterocycles. The maximum atomic E-state index is 12.8. The molecule has 2 N–H and O–H groups in total. The van der Waals surface area contributed by atoms with Crippen LogP contribution in [0.25, 0.3) is 11.3 Å². The largest absolute Gasteiger partial charge is 0.416 e. The zero-order valence-electron chi connectivity index (χ0n) is 11.5. The molecule has 0 atom stereocenters. The Morgan fingerprint density at radius 2 is 1.95 bits per heavy atom. The first-order chi connectivity index (χ1) is 9.86. The van der Waals surface area contributed by atoms with Gasteiger partial charge in [0.1, 0.15) is 5.82 Å². The fourth-order valence-corrected chi connectivity index (χ4v) is 2.37. The van der Waals surface area contributed by atoms with E-state index in [0.717, 1.165) is 12.1 Å². The Hall–Kier alpha value is -1.76. The van der Waals surface area contributed by atoms with Crippen LogP contribution in [0.1, 0.15) is 18.1 Å². The fourth-order valence-electron chi connectivity index (χ4n) is 2.00. The molecule has 0 bridgehead atoms. The molecule has 7 heteroatoms. The van der Waals surface area contributed by atoms with Gasteiger partial charge in [0, 0.05) is 11.1 Å². The Kier molecular flexibility index (Phi) is 4.41. The molecular formula is C14H14F3N3S. The number of hydrogen-bond acceptors (Lipinski definition) is 4. The smallest absolute Gasteiger partial charge is 0.383 e. The highest BCUT2D eigenvalue weighted by Crippen LogP contribution is 2.34. The molecule has 3 nitrogen and oxygen atoms in total. The predicted octanol–water partition coefficient (Wildman–Crippen LogP) is 4.03. The SMILES string of the molecule is CCc1c(N)nc(SC)nc1-c1cccc(C(F)(F)F)c1. The van der Waals surface area contributed by atoms with Crippen LogP contribution in [0, 0.1) is 0 Å². The van der Waals surface area contributed by atoms with Gasteiger partial charge in [0.15, 0.2) is 5.16 Å². The summed E-state index contributed by atoms with van der Waals surface area (Å²) in [6, 6.07) is 5.09. The van der Waals surface area contributed by atoms with E-state index in [-0.39, 0.29) is 0 Å². The average Bonchev–Trinajstić information content (AvgIpc) is 2.45. The summed E-state index contributed by atoms with van der Waals surface area (Å²) in [5.41, 5.74) is 6.69. The quantitative estimate of drug-likeness (QED) is 0.686. The van der Waals surface area contributed by atoms with Crippen molar-refractivity contribution in [3.05, 3.63) is 35.4 Å². The van der Waals surface area contributed by atoms with Gasteiger partial charge in [0.05, 0.1) is 11.3 Å². The van der Waals surface area contributed by atoms with E-state index in [9.17, 15) is 13.2 Å². The molecule has 0 spiro atoms. The van der Waals surface area contributed by atoms with E-state index in [0.29, 0.717) is 34.2 Å². The third-order valence-corrected chi connectivity index (χ3v) is 3.57. The number of alkyl halides is 3. The Morgan fingerprint density at radius 1 is 1.24 bits per heavy atom. The van der Waals surface area contributed by atoms with Crippen molar-refractivity contribution in [2.45, 2.75) is 24.7 Å². The first-order valence-corrected chi connectivity index (χ1v) is 7.47. The summed E-state index contributed by atoms with van der Waals surface area (Å²) in [7, 11) is 0.